The normalized spacial score (nSPS) is 14.1. The summed E-state index contributed by atoms with van der Waals surface area (Å²) in [5.74, 6) is -0.326. The number of halogens is 2. The molecule has 2 atom stereocenters. The third kappa shape index (κ3) is 5.33. The Morgan fingerprint density at radius 2 is 1.84 bits per heavy atom. The van der Waals surface area contributed by atoms with Crippen molar-refractivity contribution in [1.82, 2.24) is 21.4 Å². The standard InChI is InChI=1S/C28H25ClFN7O/c29-23-13-21(34-27(25-16-33-37-36-25)18-6-8-20(30)9-7-18)12-22-26(19(14-31)15-32-28(22)23)35-24(10-11-38)17-4-2-1-3-5-17/h1-9,12-13,15-16,24,27,33-34,36-38H,10-11H2,(H,32,35)/t24-,27+/m1/s1. The molecule has 1 aliphatic rings. The van der Waals surface area contributed by atoms with Gasteiger partial charge in [-0.2, -0.15) is 10.8 Å². The van der Waals surface area contributed by atoms with E-state index in [4.69, 9.17) is 11.6 Å². The molecule has 1 aromatic heterocycles. The Labute approximate surface area is 224 Å². The van der Waals surface area contributed by atoms with Crippen LogP contribution in [0.3, 0.4) is 0 Å². The van der Waals surface area contributed by atoms with Crippen LogP contribution in [0.4, 0.5) is 15.8 Å². The first-order chi connectivity index (χ1) is 18.6. The van der Waals surface area contributed by atoms with Gasteiger partial charge in [0.2, 0.25) is 0 Å². The average Bonchev–Trinajstić information content (AvgIpc) is 3.47. The molecule has 192 valence electrons. The van der Waals surface area contributed by atoms with Crippen LogP contribution in [0.25, 0.3) is 10.9 Å². The summed E-state index contributed by atoms with van der Waals surface area (Å²) in [6.45, 7) is -0.0332. The molecule has 0 amide bonds. The van der Waals surface area contributed by atoms with Crippen LogP contribution in [0.1, 0.15) is 35.2 Å². The Morgan fingerprint density at radius 3 is 2.53 bits per heavy atom. The number of hydrogen-bond acceptors (Lipinski definition) is 8. The van der Waals surface area contributed by atoms with E-state index >= 15 is 0 Å². The minimum absolute atomic E-state index is 0.0332. The van der Waals surface area contributed by atoms with Crippen molar-refractivity contribution in [2.75, 3.05) is 17.2 Å². The summed E-state index contributed by atoms with van der Waals surface area (Å²) in [4.78, 5) is 4.45. The Morgan fingerprint density at radius 1 is 1.05 bits per heavy atom. The van der Waals surface area contributed by atoms with Gasteiger partial charge in [-0.3, -0.25) is 4.98 Å². The number of pyridine rings is 1. The molecule has 10 heteroatoms. The molecule has 5 rings (SSSR count). The van der Waals surface area contributed by atoms with Crippen LogP contribution >= 0.6 is 11.6 Å². The number of hydrazine groups is 2. The largest absolute Gasteiger partial charge is 0.396 e. The molecular formula is C28H25ClFN7O. The predicted molar refractivity (Wildman–Crippen MR) is 146 cm³/mol. The predicted octanol–water partition coefficient (Wildman–Crippen LogP) is 5.04. The SMILES string of the molecule is N#Cc1cnc2c(Cl)cc(N[C@H](C3=CNNN3)c3ccc(F)cc3)cc2c1N[C@H](CCO)c1ccccc1. The zero-order valence-corrected chi connectivity index (χ0v) is 20.9. The van der Waals surface area contributed by atoms with Crippen molar-refractivity contribution < 1.29 is 9.50 Å². The van der Waals surface area contributed by atoms with Gasteiger partial charge in [0.25, 0.3) is 0 Å². The average molecular weight is 530 g/mol. The second-order valence-corrected chi connectivity index (χ2v) is 9.16. The number of benzene rings is 3. The van der Waals surface area contributed by atoms with Gasteiger partial charge in [-0.1, -0.05) is 54.1 Å². The highest BCUT2D eigenvalue weighted by atomic mass is 35.5. The highest BCUT2D eigenvalue weighted by molar-refractivity contribution is 6.35. The van der Waals surface area contributed by atoms with E-state index in [-0.39, 0.29) is 24.5 Å². The van der Waals surface area contributed by atoms with E-state index in [0.717, 1.165) is 16.8 Å². The minimum atomic E-state index is -0.374. The molecule has 2 heterocycles. The minimum Gasteiger partial charge on any atom is -0.396 e. The van der Waals surface area contributed by atoms with Crippen molar-refractivity contribution in [3.05, 3.63) is 112 Å². The molecule has 0 aliphatic carbocycles. The molecule has 0 radical (unpaired) electrons. The van der Waals surface area contributed by atoms with Crippen LogP contribution in [0.15, 0.2) is 84.8 Å². The molecular weight excluding hydrogens is 505 g/mol. The maximum atomic E-state index is 13.6. The van der Waals surface area contributed by atoms with Crippen LogP contribution in [-0.2, 0) is 0 Å². The van der Waals surface area contributed by atoms with E-state index < -0.39 is 0 Å². The fraction of sp³-hybridized carbons (Fsp3) is 0.143. The molecule has 6 N–H and O–H groups in total. The molecule has 8 nitrogen and oxygen atoms in total. The first-order valence-electron chi connectivity index (χ1n) is 12.0. The zero-order chi connectivity index (χ0) is 26.5. The van der Waals surface area contributed by atoms with E-state index in [1.165, 1.54) is 18.3 Å². The summed E-state index contributed by atoms with van der Waals surface area (Å²) in [6.07, 6.45) is 3.71. The number of rotatable bonds is 9. The van der Waals surface area contributed by atoms with Crippen molar-refractivity contribution in [2.45, 2.75) is 18.5 Å². The number of anilines is 2. The summed E-state index contributed by atoms with van der Waals surface area (Å²) >= 11 is 6.70. The summed E-state index contributed by atoms with van der Waals surface area (Å²) in [6, 6.07) is 21.2. The lowest BCUT2D eigenvalue weighted by Gasteiger charge is -2.24. The van der Waals surface area contributed by atoms with Gasteiger partial charge in [0.1, 0.15) is 11.9 Å². The quantitative estimate of drug-likeness (QED) is 0.178. The molecule has 1 aliphatic heterocycles. The summed E-state index contributed by atoms with van der Waals surface area (Å²) in [5.41, 5.74) is 13.5. The highest BCUT2D eigenvalue weighted by Crippen LogP contribution is 2.37. The Kier molecular flexibility index (Phi) is 7.56. The summed E-state index contributed by atoms with van der Waals surface area (Å²) < 4.78 is 13.6. The number of aliphatic hydroxyl groups excluding tert-OH is 1. The lowest BCUT2D eigenvalue weighted by molar-refractivity contribution is 0.280. The Balaban J connectivity index is 1.58. The first kappa shape index (κ1) is 25.3. The fourth-order valence-corrected chi connectivity index (χ4v) is 4.74. The van der Waals surface area contributed by atoms with Crippen molar-refractivity contribution in [1.29, 1.82) is 5.26 Å². The number of hydrogen-bond donors (Lipinski definition) is 6. The van der Waals surface area contributed by atoms with E-state index in [2.05, 4.69) is 38.1 Å². The van der Waals surface area contributed by atoms with Gasteiger partial charge in [-0.05, 0) is 41.8 Å². The van der Waals surface area contributed by atoms with E-state index in [1.54, 1.807) is 24.4 Å². The number of nitrogens with zero attached hydrogens (tertiary/aromatic N) is 2. The lowest BCUT2D eigenvalue weighted by Crippen LogP contribution is -2.33. The van der Waals surface area contributed by atoms with Gasteiger partial charge in [0.05, 0.1) is 39.6 Å². The van der Waals surface area contributed by atoms with Gasteiger partial charge >= 0.3 is 0 Å². The van der Waals surface area contributed by atoms with Crippen molar-refractivity contribution in [3.63, 3.8) is 0 Å². The molecule has 4 aromatic rings. The van der Waals surface area contributed by atoms with Crippen LogP contribution in [0, 0.1) is 17.1 Å². The number of nitrogens with one attached hydrogen (secondary N) is 5. The Hall–Kier alpha value is -4.36. The summed E-state index contributed by atoms with van der Waals surface area (Å²) in [5, 5.41) is 27.6. The van der Waals surface area contributed by atoms with Crippen LogP contribution < -0.4 is 27.0 Å². The Bertz CT molecular complexity index is 1510. The van der Waals surface area contributed by atoms with E-state index in [0.29, 0.717) is 39.3 Å². The molecule has 0 saturated carbocycles. The first-order valence-corrected chi connectivity index (χ1v) is 12.4. The monoisotopic (exact) mass is 529 g/mol. The van der Waals surface area contributed by atoms with Crippen molar-refractivity contribution >= 4 is 33.9 Å². The smallest absolute Gasteiger partial charge is 0.123 e. The number of aromatic nitrogens is 1. The molecule has 38 heavy (non-hydrogen) atoms. The lowest BCUT2D eigenvalue weighted by atomic mass is 10.0. The number of fused-ring (bicyclic) bond motifs is 1. The highest BCUT2D eigenvalue weighted by Gasteiger charge is 2.22. The third-order valence-corrected chi connectivity index (χ3v) is 6.60. The van der Waals surface area contributed by atoms with Gasteiger partial charge in [-0.25, -0.2) is 4.39 Å². The van der Waals surface area contributed by atoms with Gasteiger partial charge in [0, 0.05) is 30.1 Å². The second-order valence-electron chi connectivity index (χ2n) is 8.76. The fourth-order valence-electron chi connectivity index (χ4n) is 4.47. The zero-order valence-electron chi connectivity index (χ0n) is 20.2. The topological polar surface area (TPSA) is 117 Å². The molecule has 0 saturated heterocycles. The molecule has 0 fully saturated rings. The second kappa shape index (κ2) is 11.4. The van der Waals surface area contributed by atoms with Gasteiger partial charge < -0.3 is 26.6 Å². The van der Waals surface area contributed by atoms with Gasteiger partial charge in [-0.15, -0.1) is 0 Å². The molecule has 0 spiro atoms. The number of aliphatic hydroxyl groups is 1. The maximum absolute atomic E-state index is 13.6. The van der Waals surface area contributed by atoms with Gasteiger partial charge in [0.15, 0.2) is 0 Å². The van der Waals surface area contributed by atoms with E-state index in [9.17, 15) is 14.8 Å². The van der Waals surface area contributed by atoms with Crippen molar-refractivity contribution in [2.24, 2.45) is 0 Å². The van der Waals surface area contributed by atoms with Crippen molar-refractivity contribution in [3.8, 4) is 6.07 Å². The van der Waals surface area contributed by atoms with Crippen LogP contribution in [-0.4, -0.2) is 16.7 Å². The van der Waals surface area contributed by atoms with Crippen LogP contribution in [0.5, 0.6) is 0 Å². The van der Waals surface area contributed by atoms with Crippen LogP contribution in [0.2, 0.25) is 5.02 Å². The van der Waals surface area contributed by atoms with E-state index in [1.807, 2.05) is 36.4 Å². The third-order valence-electron chi connectivity index (χ3n) is 6.32. The molecule has 0 bridgehead atoms. The maximum Gasteiger partial charge on any atom is 0.123 e. The molecule has 3 aromatic carbocycles. The summed E-state index contributed by atoms with van der Waals surface area (Å²) in [7, 11) is 0. The number of nitriles is 1. The molecule has 0 unspecified atom stereocenters.